The topological polar surface area (TPSA) is 94.1 Å². The molecule has 2 N–H and O–H groups in total. The molecule has 1 aliphatic carbocycles. The van der Waals surface area contributed by atoms with Gasteiger partial charge < -0.3 is 24.6 Å². The number of hydrogen-bond donors (Lipinski definition) is 2. The van der Waals surface area contributed by atoms with E-state index >= 15 is 0 Å². The summed E-state index contributed by atoms with van der Waals surface area (Å²) in [6.07, 6.45) is 6.79. The van der Waals surface area contributed by atoms with Gasteiger partial charge in [-0.05, 0) is 56.4 Å². The van der Waals surface area contributed by atoms with Crippen molar-refractivity contribution in [2.24, 2.45) is 5.92 Å². The Kier molecular flexibility index (Phi) is 8.49. The Hall–Kier alpha value is -2.38. The third-order valence-electron chi connectivity index (χ3n) is 6.04. The Balaban J connectivity index is 1.89. The summed E-state index contributed by atoms with van der Waals surface area (Å²) in [6, 6.07) is 7.39. The average molecular weight is 432 g/mol. The Bertz CT molecular complexity index is 769. The van der Waals surface area contributed by atoms with E-state index in [0.717, 1.165) is 31.2 Å². The molecule has 170 valence electrons. The average Bonchev–Trinajstić information content (AvgIpc) is 3.30. The highest BCUT2D eigenvalue weighted by Crippen LogP contribution is 2.39. The number of ether oxygens (including phenoxy) is 3. The normalized spacial score (nSPS) is 23.7. The summed E-state index contributed by atoms with van der Waals surface area (Å²) >= 11 is 0. The molecule has 3 atom stereocenters. The molecule has 0 aromatic heterocycles. The van der Waals surface area contributed by atoms with E-state index in [2.05, 4.69) is 5.32 Å². The fourth-order valence-electron chi connectivity index (χ4n) is 4.43. The number of benzene rings is 1. The first kappa shape index (κ1) is 23.3. The molecule has 1 fully saturated rings. The van der Waals surface area contributed by atoms with Crippen LogP contribution in [0.25, 0.3) is 0 Å². The van der Waals surface area contributed by atoms with E-state index in [1.54, 1.807) is 12.1 Å². The second-order valence-corrected chi connectivity index (χ2v) is 8.10. The summed E-state index contributed by atoms with van der Waals surface area (Å²) in [5.41, 5.74) is 1.42. The van der Waals surface area contributed by atoms with Crippen molar-refractivity contribution >= 4 is 11.9 Å². The van der Waals surface area contributed by atoms with Crippen molar-refractivity contribution in [3.63, 3.8) is 0 Å². The summed E-state index contributed by atoms with van der Waals surface area (Å²) in [5.74, 6) is -0.553. The predicted octanol–water partition coefficient (Wildman–Crippen LogP) is 3.28. The van der Waals surface area contributed by atoms with E-state index in [9.17, 15) is 14.7 Å². The standard InChI is InChI=1S/C24H33NO6/c1-3-30-24-19(9-6-14-26)20(16-10-12-17(13-11-16)23(28)29-2)15-21(31-24)22(27)25-18-7-4-5-8-18/h10-13,15,18-20,24,26H,3-9,14H2,1-2H3,(H,25,27)/t19-,20+,24+/m1/s1. The Labute approximate surface area is 183 Å². The van der Waals surface area contributed by atoms with Gasteiger partial charge in [-0.3, -0.25) is 4.79 Å². The third kappa shape index (κ3) is 5.86. The summed E-state index contributed by atoms with van der Waals surface area (Å²) in [4.78, 5) is 24.7. The number of esters is 1. The monoisotopic (exact) mass is 431 g/mol. The van der Waals surface area contributed by atoms with Crippen molar-refractivity contribution in [1.29, 1.82) is 0 Å². The van der Waals surface area contributed by atoms with Crippen LogP contribution in [-0.4, -0.2) is 49.6 Å². The molecular weight excluding hydrogens is 398 g/mol. The zero-order chi connectivity index (χ0) is 22.2. The van der Waals surface area contributed by atoms with Gasteiger partial charge in [-0.15, -0.1) is 0 Å². The van der Waals surface area contributed by atoms with Crippen LogP contribution in [0.5, 0.6) is 0 Å². The molecule has 0 spiro atoms. The van der Waals surface area contributed by atoms with Crippen LogP contribution in [0.3, 0.4) is 0 Å². The number of allylic oxidation sites excluding steroid dienone is 1. The van der Waals surface area contributed by atoms with Crippen LogP contribution in [0.15, 0.2) is 36.1 Å². The Morgan fingerprint density at radius 1 is 1.19 bits per heavy atom. The molecule has 0 bridgehead atoms. The van der Waals surface area contributed by atoms with E-state index in [0.29, 0.717) is 25.0 Å². The maximum Gasteiger partial charge on any atom is 0.337 e. The summed E-state index contributed by atoms with van der Waals surface area (Å²) in [7, 11) is 1.35. The fraction of sp³-hybridized carbons (Fsp3) is 0.583. The molecule has 0 saturated heterocycles. The van der Waals surface area contributed by atoms with Crippen molar-refractivity contribution in [3.05, 3.63) is 47.2 Å². The smallest absolute Gasteiger partial charge is 0.337 e. The van der Waals surface area contributed by atoms with Crippen LogP contribution in [0.4, 0.5) is 0 Å². The lowest BCUT2D eigenvalue weighted by Gasteiger charge is -2.37. The molecule has 31 heavy (non-hydrogen) atoms. The molecule has 1 aliphatic heterocycles. The first-order valence-electron chi connectivity index (χ1n) is 11.2. The third-order valence-corrected chi connectivity index (χ3v) is 6.04. The van der Waals surface area contributed by atoms with E-state index in [-0.39, 0.29) is 36.2 Å². The van der Waals surface area contributed by atoms with Crippen molar-refractivity contribution in [2.75, 3.05) is 20.3 Å². The zero-order valence-electron chi connectivity index (χ0n) is 18.3. The fourth-order valence-corrected chi connectivity index (χ4v) is 4.43. The van der Waals surface area contributed by atoms with Gasteiger partial charge in [0.05, 0.1) is 12.7 Å². The largest absolute Gasteiger partial charge is 0.465 e. The van der Waals surface area contributed by atoms with Crippen LogP contribution in [-0.2, 0) is 19.0 Å². The van der Waals surface area contributed by atoms with Gasteiger partial charge in [0.2, 0.25) is 6.29 Å². The Morgan fingerprint density at radius 2 is 1.90 bits per heavy atom. The minimum atomic E-state index is -0.587. The maximum atomic E-state index is 12.9. The number of amides is 1. The summed E-state index contributed by atoms with van der Waals surface area (Å²) in [6.45, 7) is 2.41. The van der Waals surface area contributed by atoms with Gasteiger partial charge in [0.1, 0.15) is 0 Å². The van der Waals surface area contributed by atoms with E-state index < -0.39 is 12.3 Å². The molecule has 1 saturated carbocycles. The summed E-state index contributed by atoms with van der Waals surface area (Å²) < 4.78 is 16.7. The van der Waals surface area contributed by atoms with Crippen LogP contribution in [0.1, 0.15) is 67.3 Å². The molecule has 1 amide bonds. The molecule has 7 heteroatoms. The van der Waals surface area contributed by atoms with Crippen LogP contribution in [0, 0.1) is 5.92 Å². The molecule has 3 rings (SSSR count). The highest BCUT2D eigenvalue weighted by atomic mass is 16.7. The lowest BCUT2D eigenvalue weighted by Crippen LogP contribution is -2.41. The predicted molar refractivity (Wildman–Crippen MR) is 115 cm³/mol. The number of nitrogens with one attached hydrogen (secondary N) is 1. The number of carbonyl (C=O) groups excluding carboxylic acids is 2. The van der Waals surface area contributed by atoms with Crippen LogP contribution >= 0.6 is 0 Å². The quantitative estimate of drug-likeness (QED) is 0.583. The van der Waals surface area contributed by atoms with Crippen LogP contribution in [0.2, 0.25) is 0 Å². The van der Waals surface area contributed by atoms with Gasteiger partial charge in [0, 0.05) is 31.1 Å². The number of carbonyl (C=O) groups is 2. The molecule has 7 nitrogen and oxygen atoms in total. The number of rotatable bonds is 9. The molecule has 1 aromatic rings. The lowest BCUT2D eigenvalue weighted by atomic mass is 9.80. The van der Waals surface area contributed by atoms with Crippen molar-refractivity contribution in [3.8, 4) is 0 Å². The van der Waals surface area contributed by atoms with Crippen LogP contribution < -0.4 is 5.32 Å². The van der Waals surface area contributed by atoms with Gasteiger partial charge in [-0.2, -0.15) is 0 Å². The van der Waals surface area contributed by atoms with Crippen molar-refractivity contribution < 1.29 is 28.9 Å². The zero-order valence-corrected chi connectivity index (χ0v) is 18.3. The van der Waals surface area contributed by atoms with E-state index in [1.807, 2.05) is 25.1 Å². The first-order valence-corrected chi connectivity index (χ1v) is 11.2. The highest BCUT2D eigenvalue weighted by Gasteiger charge is 2.38. The van der Waals surface area contributed by atoms with E-state index in [1.165, 1.54) is 7.11 Å². The minimum absolute atomic E-state index is 0.0703. The second kappa shape index (κ2) is 11.3. The van der Waals surface area contributed by atoms with Gasteiger partial charge >= 0.3 is 5.97 Å². The van der Waals surface area contributed by atoms with Gasteiger partial charge in [-0.1, -0.05) is 25.0 Å². The second-order valence-electron chi connectivity index (χ2n) is 8.10. The van der Waals surface area contributed by atoms with Gasteiger partial charge in [-0.25, -0.2) is 4.79 Å². The number of aliphatic hydroxyl groups is 1. The number of methoxy groups -OCH3 is 1. The van der Waals surface area contributed by atoms with Crippen molar-refractivity contribution in [1.82, 2.24) is 5.32 Å². The minimum Gasteiger partial charge on any atom is -0.465 e. The Morgan fingerprint density at radius 3 is 2.52 bits per heavy atom. The number of aliphatic hydroxyl groups excluding tert-OH is 1. The SMILES string of the molecule is CCO[C@H]1OC(C(=O)NC2CCCC2)=C[C@@H](c2ccc(C(=O)OC)cc2)[C@H]1CCCO. The first-order chi connectivity index (χ1) is 15.1. The van der Waals surface area contributed by atoms with E-state index in [4.69, 9.17) is 14.2 Å². The molecule has 1 heterocycles. The van der Waals surface area contributed by atoms with Gasteiger partial charge in [0.25, 0.3) is 5.91 Å². The van der Waals surface area contributed by atoms with Gasteiger partial charge in [0.15, 0.2) is 5.76 Å². The molecular formula is C24H33NO6. The molecule has 1 aromatic carbocycles. The molecule has 0 unspecified atom stereocenters. The molecule has 2 aliphatic rings. The maximum absolute atomic E-state index is 12.9. The van der Waals surface area contributed by atoms with Crippen molar-refractivity contribution in [2.45, 2.75) is 63.7 Å². The molecule has 0 radical (unpaired) electrons. The number of hydrogen-bond acceptors (Lipinski definition) is 6. The lowest BCUT2D eigenvalue weighted by molar-refractivity contribution is -0.166. The summed E-state index contributed by atoms with van der Waals surface area (Å²) in [5, 5.41) is 12.5. The highest BCUT2D eigenvalue weighted by molar-refractivity contribution is 5.92.